The van der Waals surface area contributed by atoms with Gasteiger partial charge in [-0.25, -0.2) is 0 Å². The molecule has 0 unspecified atom stereocenters. The largest absolute Gasteiger partial charge is 0.309 e. The summed E-state index contributed by atoms with van der Waals surface area (Å²) in [5.41, 5.74) is 4.91. The number of hydrogen-bond donors (Lipinski definition) is 0. The summed E-state index contributed by atoms with van der Waals surface area (Å²) in [6.45, 7) is 2.19. The van der Waals surface area contributed by atoms with Crippen LogP contribution < -0.4 is 0 Å². The molecule has 0 N–H and O–H groups in total. The molecule has 1 aromatic heterocycles. The topological polar surface area (TPSA) is 4.93 Å². The Morgan fingerprint density at radius 1 is 0.410 bits per heavy atom. The van der Waals surface area contributed by atoms with Gasteiger partial charge in [-0.05, 0) is 73.7 Å². The van der Waals surface area contributed by atoms with Crippen molar-refractivity contribution in [3.63, 3.8) is 0 Å². The smallest absolute Gasteiger partial charge is 0.0541 e. The van der Waals surface area contributed by atoms with E-state index in [0.717, 1.165) is 0 Å². The van der Waals surface area contributed by atoms with Gasteiger partial charge in [-0.1, -0.05) is 96.6 Å². The summed E-state index contributed by atoms with van der Waals surface area (Å²) in [6.07, 6.45) is 0. The normalized spacial score (nSPS) is 12.1. The zero-order chi connectivity index (χ0) is 26.2. The van der Waals surface area contributed by atoms with E-state index in [1.54, 1.807) is 0 Å². The first kappa shape index (κ1) is 23.6. The lowest BCUT2D eigenvalue weighted by Gasteiger charge is -2.42. The Morgan fingerprint density at radius 2 is 0.872 bits per heavy atom. The van der Waals surface area contributed by atoms with E-state index >= 15 is 0 Å². The Kier molecular flexibility index (Phi) is 5.83. The molecule has 0 aliphatic carbocycles. The molecule has 0 spiro atoms. The van der Waals surface area contributed by atoms with Gasteiger partial charge in [0.05, 0.1) is 11.0 Å². The summed E-state index contributed by atoms with van der Waals surface area (Å²) in [5, 5.41) is 2.56. The number of benzene rings is 6. The van der Waals surface area contributed by atoms with Crippen molar-refractivity contribution in [1.82, 2.24) is 4.57 Å². The number of nitrogens with zero attached hydrogens (tertiary/aromatic N) is 1. The van der Waals surface area contributed by atoms with Crippen LogP contribution in [0.1, 0.15) is 5.56 Å². The van der Waals surface area contributed by atoms with Crippen LogP contribution in [-0.4, -0.2) is 4.57 Å². The second-order valence-electron chi connectivity index (χ2n) is 9.92. The Balaban J connectivity index is 1.58. The second-order valence-corrected chi connectivity index (χ2v) is 13.0. The zero-order valence-corrected chi connectivity index (χ0v) is 22.7. The van der Waals surface area contributed by atoms with Gasteiger partial charge in [0, 0.05) is 36.0 Å². The SMILES string of the molecule is Cc1cccc(S(c2ccccc2)(c2ccccc2)c2cccc(-n3c4ccccc4c4ccccc43)c2)c1. The van der Waals surface area contributed by atoms with E-state index in [9.17, 15) is 0 Å². The highest BCUT2D eigenvalue weighted by Crippen LogP contribution is 2.73. The van der Waals surface area contributed by atoms with Crippen LogP contribution in [0, 0.1) is 6.92 Å². The molecule has 39 heavy (non-hydrogen) atoms. The van der Waals surface area contributed by atoms with E-state index in [-0.39, 0.29) is 0 Å². The number of rotatable bonds is 5. The van der Waals surface area contributed by atoms with Crippen molar-refractivity contribution < 1.29 is 0 Å². The monoisotopic (exact) mass is 519 g/mol. The van der Waals surface area contributed by atoms with Gasteiger partial charge in [-0.3, -0.25) is 0 Å². The van der Waals surface area contributed by atoms with Crippen molar-refractivity contribution in [3.8, 4) is 5.69 Å². The first-order valence-electron chi connectivity index (χ1n) is 13.4. The molecule has 0 saturated carbocycles. The van der Waals surface area contributed by atoms with Crippen LogP contribution in [0.3, 0.4) is 0 Å². The maximum Gasteiger partial charge on any atom is 0.0541 e. The summed E-state index contributed by atoms with van der Waals surface area (Å²) in [4.78, 5) is 5.34. The van der Waals surface area contributed by atoms with E-state index in [1.165, 1.54) is 52.6 Å². The fourth-order valence-corrected chi connectivity index (χ4v) is 9.87. The summed E-state index contributed by atoms with van der Waals surface area (Å²) in [5.74, 6) is 0. The van der Waals surface area contributed by atoms with Crippen LogP contribution in [0.25, 0.3) is 27.5 Å². The molecule has 0 amide bonds. The van der Waals surface area contributed by atoms with Gasteiger partial charge in [-0.15, -0.1) is 10.0 Å². The molecule has 0 aliphatic rings. The van der Waals surface area contributed by atoms with E-state index < -0.39 is 10.0 Å². The predicted octanol–water partition coefficient (Wildman–Crippen LogP) is 10.4. The lowest BCUT2D eigenvalue weighted by atomic mass is 10.2. The fraction of sp³-hybridized carbons (Fsp3) is 0.0270. The molecule has 2 heteroatoms. The molecule has 0 radical (unpaired) electrons. The number of fused-ring (bicyclic) bond motifs is 3. The summed E-state index contributed by atoms with van der Waals surface area (Å²) >= 11 is 0. The number of aromatic nitrogens is 1. The van der Waals surface area contributed by atoms with Gasteiger partial charge in [0.25, 0.3) is 0 Å². The Morgan fingerprint density at radius 3 is 1.44 bits per heavy atom. The highest BCUT2D eigenvalue weighted by molar-refractivity contribution is 8.34. The Hall–Kier alpha value is -4.53. The minimum Gasteiger partial charge on any atom is -0.309 e. The van der Waals surface area contributed by atoms with E-state index in [4.69, 9.17) is 0 Å². The minimum atomic E-state index is -1.77. The maximum atomic E-state index is 2.43. The average Bonchev–Trinajstić information content (AvgIpc) is 3.34. The van der Waals surface area contributed by atoms with Crippen molar-refractivity contribution in [2.75, 3.05) is 0 Å². The van der Waals surface area contributed by atoms with Crippen LogP contribution in [0.15, 0.2) is 177 Å². The van der Waals surface area contributed by atoms with Gasteiger partial charge in [0.2, 0.25) is 0 Å². The summed E-state index contributed by atoms with van der Waals surface area (Å²) in [7, 11) is -1.77. The molecule has 1 heterocycles. The number of aryl methyl sites for hydroxylation is 1. The molecular formula is C37H29NS. The second kappa shape index (κ2) is 9.65. The molecule has 0 fully saturated rings. The van der Waals surface area contributed by atoms with Gasteiger partial charge in [0.15, 0.2) is 0 Å². The quantitative estimate of drug-likeness (QED) is 0.213. The molecular weight excluding hydrogens is 490 g/mol. The Labute approximate surface area is 231 Å². The molecule has 7 rings (SSSR count). The summed E-state index contributed by atoms with van der Waals surface area (Å²) < 4.78 is 2.42. The first-order valence-corrected chi connectivity index (χ1v) is 15.0. The van der Waals surface area contributed by atoms with Crippen molar-refractivity contribution in [1.29, 1.82) is 0 Å². The van der Waals surface area contributed by atoms with Crippen LogP contribution in [-0.2, 0) is 0 Å². The third kappa shape index (κ3) is 3.79. The Bertz CT molecular complexity index is 1830. The van der Waals surface area contributed by atoms with Crippen molar-refractivity contribution in [2.24, 2.45) is 0 Å². The van der Waals surface area contributed by atoms with Crippen LogP contribution in [0.2, 0.25) is 0 Å². The molecule has 188 valence electrons. The number of hydrogen-bond acceptors (Lipinski definition) is 0. The standard InChI is InChI=1S/C37H29NS/c1-28-14-12-20-32(26-28)39(30-16-4-2-5-17-30,31-18-6-3-7-19-31)33-21-13-15-29(27-33)38-36-24-10-8-22-34(36)35-23-9-11-25-37(35)38/h2-27H,1H3. The summed E-state index contributed by atoms with van der Waals surface area (Å²) in [6, 6.07) is 57.9. The van der Waals surface area contributed by atoms with E-state index in [0.29, 0.717) is 0 Å². The van der Waals surface area contributed by atoms with Gasteiger partial charge >= 0.3 is 0 Å². The molecule has 0 bridgehead atoms. The van der Waals surface area contributed by atoms with Crippen molar-refractivity contribution in [2.45, 2.75) is 26.5 Å². The lowest BCUT2D eigenvalue weighted by Crippen LogP contribution is -2.06. The highest BCUT2D eigenvalue weighted by atomic mass is 32.3. The van der Waals surface area contributed by atoms with Gasteiger partial charge in [-0.2, -0.15) is 0 Å². The van der Waals surface area contributed by atoms with E-state index in [1.807, 2.05) is 0 Å². The molecule has 0 aliphatic heterocycles. The van der Waals surface area contributed by atoms with Crippen LogP contribution in [0.4, 0.5) is 0 Å². The predicted molar refractivity (Wildman–Crippen MR) is 165 cm³/mol. The van der Waals surface area contributed by atoms with E-state index in [2.05, 4.69) is 169 Å². The third-order valence-electron chi connectivity index (χ3n) is 7.55. The molecule has 0 saturated heterocycles. The van der Waals surface area contributed by atoms with Crippen molar-refractivity contribution in [3.05, 3.63) is 163 Å². The van der Waals surface area contributed by atoms with Crippen LogP contribution in [0.5, 0.6) is 0 Å². The zero-order valence-electron chi connectivity index (χ0n) is 21.9. The highest BCUT2D eigenvalue weighted by Gasteiger charge is 2.33. The molecule has 0 atom stereocenters. The van der Waals surface area contributed by atoms with Gasteiger partial charge < -0.3 is 4.57 Å². The first-order chi connectivity index (χ1) is 19.3. The molecule has 6 aromatic carbocycles. The van der Waals surface area contributed by atoms with Crippen LogP contribution >= 0.6 is 10.0 Å². The minimum absolute atomic E-state index is 1.18. The molecule has 7 aromatic rings. The molecule has 1 nitrogen and oxygen atoms in total. The third-order valence-corrected chi connectivity index (χ3v) is 11.4. The van der Waals surface area contributed by atoms with Gasteiger partial charge in [0.1, 0.15) is 0 Å². The fourth-order valence-electron chi connectivity index (χ4n) is 5.89. The number of para-hydroxylation sites is 2. The lowest BCUT2D eigenvalue weighted by molar-refractivity contribution is 1.15. The maximum absolute atomic E-state index is 2.43. The average molecular weight is 520 g/mol. The van der Waals surface area contributed by atoms with Crippen molar-refractivity contribution >= 4 is 31.8 Å².